The molecule has 1 N–H and O–H groups in total. The van der Waals surface area contributed by atoms with Gasteiger partial charge in [-0.15, -0.1) is 0 Å². The summed E-state index contributed by atoms with van der Waals surface area (Å²) in [5.74, 6) is -1.26. The predicted octanol–water partition coefficient (Wildman–Crippen LogP) is 4.12. The number of benzene rings is 1. The van der Waals surface area contributed by atoms with Gasteiger partial charge in [0.05, 0.1) is 11.8 Å². The van der Waals surface area contributed by atoms with E-state index in [9.17, 15) is 22.4 Å². The Morgan fingerprint density at radius 2 is 2.03 bits per heavy atom. The van der Waals surface area contributed by atoms with Gasteiger partial charge in [-0.05, 0) is 43.2 Å². The number of hydrogen-bond acceptors (Lipinski definition) is 4. The summed E-state index contributed by atoms with van der Waals surface area (Å²) in [7, 11) is 0. The minimum Gasteiger partial charge on any atom is -0.376 e. The van der Waals surface area contributed by atoms with E-state index in [1.165, 1.54) is 12.1 Å². The van der Waals surface area contributed by atoms with E-state index in [4.69, 9.17) is 16.3 Å². The second kappa shape index (κ2) is 7.84. The van der Waals surface area contributed by atoms with Crippen molar-refractivity contribution in [3.05, 3.63) is 52.6 Å². The van der Waals surface area contributed by atoms with Gasteiger partial charge in [0, 0.05) is 18.7 Å². The molecule has 0 bridgehead atoms. The van der Waals surface area contributed by atoms with Crippen LogP contribution < -0.4 is 5.32 Å². The molecule has 158 valence electrons. The number of alkyl halides is 3. The number of ether oxygens (including phenoxy) is 1. The van der Waals surface area contributed by atoms with Crippen molar-refractivity contribution in [2.45, 2.75) is 25.1 Å². The van der Waals surface area contributed by atoms with Gasteiger partial charge < -0.3 is 10.1 Å². The fraction of sp³-hybridized carbons (Fsp3) is 0.316. The van der Waals surface area contributed by atoms with Crippen LogP contribution in [0.1, 0.15) is 29.0 Å². The molecule has 0 radical (unpaired) electrons. The van der Waals surface area contributed by atoms with Crippen LogP contribution in [0.15, 0.2) is 30.3 Å². The second-order valence-electron chi connectivity index (χ2n) is 6.77. The molecule has 1 saturated heterocycles. The molecule has 6 nitrogen and oxygen atoms in total. The van der Waals surface area contributed by atoms with Crippen LogP contribution in [0.3, 0.4) is 0 Å². The van der Waals surface area contributed by atoms with Gasteiger partial charge in [0.2, 0.25) is 0 Å². The molecule has 11 heteroatoms. The normalized spacial score (nSPS) is 16.9. The highest BCUT2D eigenvalue weighted by molar-refractivity contribution is 6.36. The lowest BCUT2D eigenvalue weighted by molar-refractivity contribution is -0.142. The Hall–Kier alpha value is -2.72. The van der Waals surface area contributed by atoms with E-state index >= 15 is 0 Å². The van der Waals surface area contributed by atoms with Crippen LogP contribution in [0.5, 0.6) is 0 Å². The fourth-order valence-corrected chi connectivity index (χ4v) is 3.45. The number of carbonyl (C=O) groups is 1. The molecule has 2 aromatic heterocycles. The zero-order valence-electron chi connectivity index (χ0n) is 15.3. The lowest BCUT2D eigenvalue weighted by Crippen LogP contribution is -2.32. The van der Waals surface area contributed by atoms with Crippen molar-refractivity contribution in [1.29, 1.82) is 0 Å². The number of fused-ring (bicyclic) bond motifs is 1. The molecule has 1 aliphatic rings. The molecular weight excluding hydrogens is 428 g/mol. The SMILES string of the molecule is O=C(NC[C@@H]1CCCO1)c1nn2c(C(F)(F)F)cc(-c3ccc(F)cc3)nc2c1Cl. The maximum absolute atomic E-state index is 13.7. The topological polar surface area (TPSA) is 68.5 Å². The highest BCUT2D eigenvalue weighted by Crippen LogP contribution is 2.34. The quantitative estimate of drug-likeness (QED) is 0.617. The van der Waals surface area contributed by atoms with E-state index in [1.54, 1.807) is 0 Å². The summed E-state index contributed by atoms with van der Waals surface area (Å²) in [5, 5.41) is 6.03. The number of carbonyl (C=O) groups excluding carboxylic acids is 1. The third-order valence-electron chi connectivity index (χ3n) is 4.69. The molecule has 3 aromatic rings. The van der Waals surface area contributed by atoms with Crippen LogP contribution in [0.25, 0.3) is 16.9 Å². The van der Waals surface area contributed by atoms with E-state index in [0.717, 1.165) is 31.0 Å². The zero-order chi connectivity index (χ0) is 21.5. The first-order valence-corrected chi connectivity index (χ1v) is 9.44. The Morgan fingerprint density at radius 1 is 1.30 bits per heavy atom. The van der Waals surface area contributed by atoms with Gasteiger partial charge in [-0.2, -0.15) is 18.3 Å². The number of nitrogens with one attached hydrogen (secondary N) is 1. The number of halogens is 5. The van der Waals surface area contributed by atoms with Crippen LogP contribution in [0, 0.1) is 5.82 Å². The minimum absolute atomic E-state index is 0.0806. The van der Waals surface area contributed by atoms with Gasteiger partial charge in [-0.3, -0.25) is 4.79 Å². The highest BCUT2D eigenvalue weighted by Gasteiger charge is 2.36. The van der Waals surface area contributed by atoms with Gasteiger partial charge in [0.1, 0.15) is 10.8 Å². The Labute approximate surface area is 172 Å². The van der Waals surface area contributed by atoms with Crippen molar-refractivity contribution in [3.8, 4) is 11.3 Å². The predicted molar refractivity (Wildman–Crippen MR) is 99.7 cm³/mol. The molecule has 1 amide bonds. The van der Waals surface area contributed by atoms with E-state index in [0.29, 0.717) is 11.1 Å². The first kappa shape index (κ1) is 20.5. The molecule has 3 heterocycles. The van der Waals surface area contributed by atoms with Crippen molar-refractivity contribution in [2.75, 3.05) is 13.2 Å². The monoisotopic (exact) mass is 442 g/mol. The third kappa shape index (κ3) is 3.97. The summed E-state index contributed by atoms with van der Waals surface area (Å²) < 4.78 is 60.1. The standard InChI is InChI=1S/C19H15ClF4N4O2/c20-15-16(18(29)25-9-12-2-1-7-30-12)27-28-14(19(22,23)24)8-13(26-17(15)28)10-3-5-11(21)6-4-10/h3-6,8,12H,1-2,7,9H2,(H,25,29)/t12-/m0/s1. The van der Waals surface area contributed by atoms with Crippen LogP contribution in [0.2, 0.25) is 5.02 Å². The van der Waals surface area contributed by atoms with Crippen LogP contribution in [-0.2, 0) is 10.9 Å². The van der Waals surface area contributed by atoms with Gasteiger partial charge >= 0.3 is 6.18 Å². The molecule has 0 aliphatic carbocycles. The lowest BCUT2D eigenvalue weighted by atomic mass is 10.1. The Bertz CT molecular complexity index is 1090. The Kier molecular flexibility index (Phi) is 5.37. The van der Waals surface area contributed by atoms with Crippen LogP contribution in [-0.4, -0.2) is 39.8 Å². The fourth-order valence-electron chi connectivity index (χ4n) is 3.20. The first-order chi connectivity index (χ1) is 14.2. The molecule has 0 saturated carbocycles. The minimum atomic E-state index is -4.79. The summed E-state index contributed by atoms with van der Waals surface area (Å²) >= 11 is 6.19. The largest absolute Gasteiger partial charge is 0.433 e. The van der Waals surface area contributed by atoms with Crippen molar-refractivity contribution in [2.24, 2.45) is 0 Å². The van der Waals surface area contributed by atoms with E-state index < -0.39 is 23.6 Å². The van der Waals surface area contributed by atoms with E-state index in [1.807, 2.05) is 0 Å². The average Bonchev–Trinajstić information content (AvgIpc) is 3.33. The van der Waals surface area contributed by atoms with Crippen molar-refractivity contribution in [3.63, 3.8) is 0 Å². The van der Waals surface area contributed by atoms with Gasteiger partial charge in [-0.25, -0.2) is 13.9 Å². The van der Waals surface area contributed by atoms with Gasteiger partial charge in [0.15, 0.2) is 17.0 Å². The first-order valence-electron chi connectivity index (χ1n) is 9.06. The Balaban J connectivity index is 1.76. The van der Waals surface area contributed by atoms with Crippen molar-refractivity contribution < 1.29 is 27.1 Å². The van der Waals surface area contributed by atoms with E-state index in [2.05, 4.69) is 15.4 Å². The summed E-state index contributed by atoms with van der Waals surface area (Å²) in [6.45, 7) is 0.796. The number of nitrogens with zero attached hydrogens (tertiary/aromatic N) is 3. The number of hydrogen-bond donors (Lipinski definition) is 1. The molecule has 1 atom stereocenters. The Morgan fingerprint density at radius 3 is 2.67 bits per heavy atom. The number of rotatable bonds is 4. The molecule has 0 unspecified atom stereocenters. The summed E-state index contributed by atoms with van der Waals surface area (Å²) in [6.07, 6.45) is -3.30. The molecule has 1 fully saturated rings. The molecule has 0 spiro atoms. The van der Waals surface area contributed by atoms with Gasteiger partial charge in [0.25, 0.3) is 5.91 Å². The molecule has 4 rings (SSSR count). The van der Waals surface area contributed by atoms with Crippen molar-refractivity contribution in [1.82, 2.24) is 19.9 Å². The second-order valence-corrected chi connectivity index (χ2v) is 7.15. The van der Waals surface area contributed by atoms with E-state index in [-0.39, 0.29) is 40.3 Å². The summed E-state index contributed by atoms with van der Waals surface area (Å²) in [4.78, 5) is 16.6. The molecule has 1 aliphatic heterocycles. The summed E-state index contributed by atoms with van der Waals surface area (Å²) in [5.41, 5.74) is -1.68. The average molecular weight is 443 g/mol. The van der Waals surface area contributed by atoms with Crippen molar-refractivity contribution >= 4 is 23.2 Å². The molecule has 1 aromatic carbocycles. The molecular formula is C19H15ClF4N4O2. The highest BCUT2D eigenvalue weighted by atomic mass is 35.5. The van der Waals surface area contributed by atoms with Crippen LogP contribution >= 0.6 is 11.6 Å². The summed E-state index contributed by atoms with van der Waals surface area (Å²) in [6, 6.07) is 5.59. The molecule has 30 heavy (non-hydrogen) atoms. The third-order valence-corrected chi connectivity index (χ3v) is 5.04. The lowest BCUT2D eigenvalue weighted by Gasteiger charge is -2.11. The smallest absolute Gasteiger partial charge is 0.376 e. The van der Waals surface area contributed by atoms with Crippen LogP contribution in [0.4, 0.5) is 17.6 Å². The maximum atomic E-state index is 13.7. The number of amides is 1. The maximum Gasteiger partial charge on any atom is 0.433 e. The zero-order valence-corrected chi connectivity index (χ0v) is 16.1. The number of aromatic nitrogens is 3. The van der Waals surface area contributed by atoms with Gasteiger partial charge in [-0.1, -0.05) is 11.6 Å².